The summed E-state index contributed by atoms with van der Waals surface area (Å²) in [6.07, 6.45) is 6.62. The highest BCUT2D eigenvalue weighted by Gasteiger charge is 2.26. The lowest BCUT2D eigenvalue weighted by Gasteiger charge is -2.30. The minimum atomic E-state index is 0.00122. The Morgan fingerprint density at radius 1 is 0.767 bits per heavy atom. The van der Waals surface area contributed by atoms with E-state index < -0.39 is 0 Å². The van der Waals surface area contributed by atoms with Gasteiger partial charge in [-0.05, 0) is 53.5 Å². The molecule has 150 valence electrons. The van der Waals surface area contributed by atoms with Crippen molar-refractivity contribution in [2.24, 2.45) is 0 Å². The van der Waals surface area contributed by atoms with E-state index in [0.717, 1.165) is 25.7 Å². The molecule has 1 saturated heterocycles. The molecule has 0 saturated carbocycles. The van der Waals surface area contributed by atoms with Gasteiger partial charge in [-0.1, -0.05) is 54.1 Å². The number of aryl methyl sites for hydroxylation is 2. The molecule has 0 bridgehead atoms. The topological polar surface area (TPSA) is 47.2 Å². The summed E-state index contributed by atoms with van der Waals surface area (Å²) in [4.78, 5) is 14.8. The van der Waals surface area contributed by atoms with Gasteiger partial charge in [-0.3, -0.25) is 4.79 Å². The number of fused-ring (bicyclic) bond motifs is 2. The molecule has 0 N–H and O–H groups in total. The number of likely N-dealkylation sites (tertiary alicyclic amines) is 1. The second-order valence-corrected chi connectivity index (χ2v) is 8.03. The van der Waals surface area contributed by atoms with Crippen molar-refractivity contribution in [3.63, 3.8) is 0 Å². The van der Waals surface area contributed by atoms with Crippen molar-refractivity contribution in [1.29, 1.82) is 0 Å². The molecule has 4 nitrogen and oxygen atoms in total. The summed E-state index contributed by atoms with van der Waals surface area (Å²) in [5.41, 5.74) is 8.89. The molecule has 1 amide bonds. The predicted octanol–water partition coefficient (Wildman–Crippen LogP) is 4.16. The number of rotatable bonds is 1. The van der Waals surface area contributed by atoms with Gasteiger partial charge in [-0.25, -0.2) is 0 Å². The number of hydrogen-bond donors (Lipinski definition) is 0. The van der Waals surface area contributed by atoms with Crippen molar-refractivity contribution in [2.45, 2.75) is 25.7 Å². The molecule has 3 aromatic rings. The summed E-state index contributed by atoms with van der Waals surface area (Å²) >= 11 is 0. The van der Waals surface area contributed by atoms with Crippen molar-refractivity contribution in [2.75, 3.05) is 13.1 Å². The second-order valence-electron chi connectivity index (χ2n) is 8.03. The normalized spacial score (nSPS) is 15.9. The number of pyridine rings is 1. The molecule has 5 rings (SSSR count). The molecule has 4 heteroatoms. The Morgan fingerprint density at radius 2 is 1.30 bits per heavy atom. The number of carbonyl (C=O) groups is 1. The van der Waals surface area contributed by atoms with E-state index in [-0.39, 0.29) is 5.91 Å². The lowest BCUT2D eigenvalue weighted by molar-refractivity contribution is -0.605. The number of carbonyl (C=O) groups excluding carboxylic acids is 1. The van der Waals surface area contributed by atoms with Gasteiger partial charge in [0.2, 0.25) is 0 Å². The van der Waals surface area contributed by atoms with Gasteiger partial charge in [0.1, 0.15) is 0 Å². The summed E-state index contributed by atoms with van der Waals surface area (Å²) in [6.45, 7) is 1.41. The van der Waals surface area contributed by atoms with Crippen molar-refractivity contribution in [1.82, 2.24) is 4.90 Å². The maximum absolute atomic E-state index is 12.8. The van der Waals surface area contributed by atoms with Crippen molar-refractivity contribution >= 4 is 11.5 Å². The van der Waals surface area contributed by atoms with Gasteiger partial charge >= 0.3 is 0 Å². The monoisotopic (exact) mass is 396 g/mol. The molecule has 1 aromatic heterocycles. The number of piperidine rings is 1. The third-order valence-electron chi connectivity index (χ3n) is 6.29. The highest BCUT2D eigenvalue weighted by Crippen LogP contribution is 2.38. The van der Waals surface area contributed by atoms with Crippen molar-refractivity contribution < 1.29 is 9.52 Å². The SMILES string of the molecule is O=C(c1cc[n+]([O-])cc1)N1CCC(=C2c3ccccc3CCc3ccccc32)CC1. The molecule has 30 heavy (non-hydrogen) atoms. The van der Waals surface area contributed by atoms with Crippen LogP contribution in [0.4, 0.5) is 0 Å². The highest BCUT2D eigenvalue weighted by atomic mass is 16.5. The van der Waals surface area contributed by atoms with E-state index >= 15 is 0 Å². The smallest absolute Gasteiger partial charge is 0.254 e. The molecule has 2 aliphatic rings. The van der Waals surface area contributed by atoms with Gasteiger partial charge in [0, 0.05) is 25.2 Å². The maximum atomic E-state index is 12.8. The average molecular weight is 396 g/mol. The van der Waals surface area contributed by atoms with E-state index in [1.165, 1.54) is 45.8 Å². The minimum Gasteiger partial charge on any atom is -0.619 e. The molecule has 0 unspecified atom stereocenters. The van der Waals surface area contributed by atoms with Crippen LogP contribution < -0.4 is 4.73 Å². The first kappa shape index (κ1) is 18.6. The van der Waals surface area contributed by atoms with Gasteiger partial charge in [-0.2, -0.15) is 4.73 Å². The Bertz CT molecular complexity index is 1070. The molecular formula is C26H24N2O2. The molecule has 0 spiro atoms. The summed E-state index contributed by atoms with van der Waals surface area (Å²) in [7, 11) is 0. The Labute approximate surface area is 176 Å². The van der Waals surface area contributed by atoms with Gasteiger partial charge < -0.3 is 10.1 Å². The number of benzene rings is 2. The van der Waals surface area contributed by atoms with Crippen LogP contribution in [0.15, 0.2) is 78.6 Å². The van der Waals surface area contributed by atoms with Crippen molar-refractivity contribution in [3.8, 4) is 0 Å². The Kier molecular flexibility index (Phi) is 4.83. The van der Waals surface area contributed by atoms with E-state index in [0.29, 0.717) is 23.4 Å². The van der Waals surface area contributed by atoms with Crippen LogP contribution in [0.3, 0.4) is 0 Å². The standard InChI is InChI=1S/C26H24N2O2/c29-26(22-13-17-28(30)18-14-22)27-15-11-21(12-16-27)25-23-7-3-1-5-19(23)9-10-20-6-2-4-8-24(20)25/h1-8,13-14,17-18H,9-12,15-16H2. The number of hydrogen-bond acceptors (Lipinski definition) is 2. The fourth-order valence-electron chi connectivity index (χ4n) is 4.73. The average Bonchev–Trinajstić information content (AvgIpc) is 2.96. The summed E-state index contributed by atoms with van der Waals surface area (Å²) in [6, 6.07) is 20.7. The van der Waals surface area contributed by atoms with Crippen LogP contribution in [0.1, 0.15) is 45.5 Å². The number of amides is 1. The van der Waals surface area contributed by atoms with E-state index in [1.54, 1.807) is 12.1 Å². The molecule has 1 fully saturated rings. The fourth-order valence-corrected chi connectivity index (χ4v) is 4.73. The maximum Gasteiger partial charge on any atom is 0.254 e. The summed E-state index contributed by atoms with van der Waals surface area (Å²) in [5.74, 6) is 0.00122. The molecular weight excluding hydrogens is 372 g/mol. The van der Waals surface area contributed by atoms with Crippen LogP contribution >= 0.6 is 0 Å². The third kappa shape index (κ3) is 3.39. The van der Waals surface area contributed by atoms with Crippen LogP contribution in [-0.4, -0.2) is 23.9 Å². The van der Waals surface area contributed by atoms with Crippen LogP contribution in [0.5, 0.6) is 0 Å². The molecule has 0 atom stereocenters. The number of aromatic nitrogens is 1. The second kappa shape index (κ2) is 7.79. The van der Waals surface area contributed by atoms with Gasteiger partial charge in [-0.15, -0.1) is 0 Å². The van der Waals surface area contributed by atoms with E-state index in [2.05, 4.69) is 48.5 Å². The molecule has 1 aliphatic carbocycles. The van der Waals surface area contributed by atoms with E-state index in [9.17, 15) is 10.0 Å². The Morgan fingerprint density at radius 3 is 1.87 bits per heavy atom. The lowest BCUT2D eigenvalue weighted by Crippen LogP contribution is -2.37. The molecule has 2 aromatic carbocycles. The van der Waals surface area contributed by atoms with Gasteiger partial charge in [0.15, 0.2) is 12.4 Å². The zero-order valence-corrected chi connectivity index (χ0v) is 16.9. The molecule has 0 radical (unpaired) electrons. The first-order valence-corrected chi connectivity index (χ1v) is 10.6. The third-order valence-corrected chi connectivity index (χ3v) is 6.29. The Balaban J connectivity index is 1.48. The lowest BCUT2D eigenvalue weighted by atomic mass is 9.86. The van der Waals surface area contributed by atoms with Crippen LogP contribution in [-0.2, 0) is 12.8 Å². The Hall–Kier alpha value is -3.40. The van der Waals surface area contributed by atoms with Crippen molar-refractivity contribution in [3.05, 3.63) is 112 Å². The van der Waals surface area contributed by atoms with Crippen LogP contribution in [0.2, 0.25) is 0 Å². The van der Waals surface area contributed by atoms with Crippen LogP contribution in [0, 0.1) is 5.21 Å². The van der Waals surface area contributed by atoms with Crippen LogP contribution in [0.25, 0.3) is 5.57 Å². The first-order chi connectivity index (χ1) is 14.7. The minimum absolute atomic E-state index is 0.00122. The van der Waals surface area contributed by atoms with E-state index in [1.807, 2.05) is 4.90 Å². The quantitative estimate of drug-likeness (QED) is 0.458. The van der Waals surface area contributed by atoms with E-state index in [4.69, 9.17) is 0 Å². The molecule has 1 aliphatic heterocycles. The van der Waals surface area contributed by atoms with Gasteiger partial charge in [0.25, 0.3) is 5.91 Å². The predicted molar refractivity (Wildman–Crippen MR) is 117 cm³/mol. The molecule has 2 heterocycles. The summed E-state index contributed by atoms with van der Waals surface area (Å²) in [5, 5.41) is 11.3. The zero-order valence-electron chi connectivity index (χ0n) is 16.9. The summed E-state index contributed by atoms with van der Waals surface area (Å²) < 4.78 is 0.705. The zero-order chi connectivity index (χ0) is 20.5. The number of nitrogens with zero attached hydrogens (tertiary/aromatic N) is 2. The highest BCUT2D eigenvalue weighted by molar-refractivity contribution is 5.94. The first-order valence-electron chi connectivity index (χ1n) is 10.6. The largest absolute Gasteiger partial charge is 0.619 e. The fraction of sp³-hybridized carbons (Fsp3) is 0.231. The van der Waals surface area contributed by atoms with Gasteiger partial charge in [0.05, 0.1) is 5.56 Å².